The van der Waals surface area contributed by atoms with Crippen LogP contribution in [-0.4, -0.2) is 27.7 Å². The molecule has 0 saturated carbocycles. The van der Waals surface area contributed by atoms with Gasteiger partial charge in [-0.25, -0.2) is 0 Å². The zero-order valence-electron chi connectivity index (χ0n) is 11.4. The molecule has 7 heteroatoms. The smallest absolute Gasteiger partial charge is 0.545 e. The molecule has 2 aromatic rings. The first-order valence-corrected chi connectivity index (χ1v) is 5.91. The molecule has 0 bridgehead atoms. The van der Waals surface area contributed by atoms with Crippen molar-refractivity contribution in [2.45, 2.75) is 0 Å². The predicted molar refractivity (Wildman–Crippen MR) is 67.4 cm³/mol. The van der Waals surface area contributed by atoms with Gasteiger partial charge in [0.25, 0.3) is 0 Å². The maximum atomic E-state index is 12.3. The van der Waals surface area contributed by atoms with Crippen LogP contribution < -0.4 is 56.5 Å². The molecule has 0 fully saturated rings. The maximum absolute atomic E-state index is 12.3. The zero-order valence-corrected chi connectivity index (χ0v) is 14.5. The van der Waals surface area contributed by atoms with Crippen LogP contribution in [0.3, 0.4) is 0 Å². The number of hydrogen-bond acceptors (Lipinski definition) is 6. The standard InChI is InChI=1S/C15H8O6.K/c16-9-3-1-2-7-11(9)14(19)12-8(13(7)18)4-6(15(20)21)5-10(12)17;/h1-5,16-17H,(H,20,21);/q;+1/p-1. The maximum Gasteiger partial charge on any atom is 1.00 e. The van der Waals surface area contributed by atoms with Gasteiger partial charge in [-0.15, -0.1) is 0 Å². The van der Waals surface area contributed by atoms with Crippen molar-refractivity contribution in [1.82, 2.24) is 0 Å². The van der Waals surface area contributed by atoms with Crippen LogP contribution in [0.1, 0.15) is 42.2 Å². The van der Waals surface area contributed by atoms with Gasteiger partial charge >= 0.3 is 51.4 Å². The topological polar surface area (TPSA) is 115 Å². The van der Waals surface area contributed by atoms with Crippen molar-refractivity contribution in [2.24, 2.45) is 0 Å². The van der Waals surface area contributed by atoms with E-state index in [1.165, 1.54) is 18.2 Å². The summed E-state index contributed by atoms with van der Waals surface area (Å²) in [5.74, 6) is -3.97. The second-order valence-corrected chi connectivity index (χ2v) is 4.56. The third-order valence-electron chi connectivity index (χ3n) is 3.34. The molecule has 2 aromatic carbocycles. The molecule has 0 spiro atoms. The van der Waals surface area contributed by atoms with Gasteiger partial charge in [0.05, 0.1) is 17.1 Å². The third-order valence-corrected chi connectivity index (χ3v) is 3.34. The second-order valence-electron chi connectivity index (χ2n) is 4.56. The Bertz CT molecular complexity index is 840. The van der Waals surface area contributed by atoms with Gasteiger partial charge in [0.1, 0.15) is 11.5 Å². The van der Waals surface area contributed by atoms with Crippen LogP contribution in [0, 0.1) is 0 Å². The molecule has 0 heterocycles. The quantitative estimate of drug-likeness (QED) is 0.469. The Balaban J connectivity index is 0.00000176. The number of hydrogen-bond donors (Lipinski definition) is 2. The van der Waals surface area contributed by atoms with Crippen LogP contribution in [-0.2, 0) is 0 Å². The number of carboxylic acids is 1. The van der Waals surface area contributed by atoms with E-state index in [1.54, 1.807) is 0 Å². The Morgan fingerprint density at radius 2 is 1.55 bits per heavy atom. The van der Waals surface area contributed by atoms with E-state index in [-0.39, 0.29) is 79.4 Å². The largest absolute Gasteiger partial charge is 1.00 e. The van der Waals surface area contributed by atoms with Gasteiger partial charge in [-0.3, -0.25) is 9.59 Å². The van der Waals surface area contributed by atoms with Gasteiger partial charge < -0.3 is 20.1 Å². The van der Waals surface area contributed by atoms with Gasteiger partial charge in [-0.05, 0) is 18.2 Å². The number of ketones is 2. The van der Waals surface area contributed by atoms with E-state index in [0.717, 1.165) is 12.1 Å². The number of aromatic carboxylic acids is 1. The molecule has 0 unspecified atom stereocenters. The molecule has 2 N–H and O–H groups in total. The molecule has 22 heavy (non-hydrogen) atoms. The summed E-state index contributed by atoms with van der Waals surface area (Å²) in [5, 5.41) is 30.5. The molecule has 0 saturated heterocycles. The third kappa shape index (κ3) is 2.40. The summed E-state index contributed by atoms with van der Waals surface area (Å²) < 4.78 is 0. The summed E-state index contributed by atoms with van der Waals surface area (Å²) >= 11 is 0. The van der Waals surface area contributed by atoms with Gasteiger partial charge in [0.2, 0.25) is 5.78 Å². The Morgan fingerprint density at radius 1 is 0.909 bits per heavy atom. The summed E-state index contributed by atoms with van der Waals surface area (Å²) in [4.78, 5) is 35.6. The average Bonchev–Trinajstić information content (AvgIpc) is 2.43. The summed E-state index contributed by atoms with van der Waals surface area (Å²) in [6, 6.07) is 5.82. The minimum Gasteiger partial charge on any atom is -0.545 e. The van der Waals surface area contributed by atoms with Crippen molar-refractivity contribution in [1.29, 1.82) is 0 Å². The molecule has 3 rings (SSSR count). The van der Waals surface area contributed by atoms with Crippen LogP contribution >= 0.6 is 0 Å². The van der Waals surface area contributed by atoms with Crippen molar-refractivity contribution in [2.75, 3.05) is 0 Å². The fourth-order valence-corrected chi connectivity index (χ4v) is 2.40. The molecule has 1 aliphatic carbocycles. The molecule has 1 aliphatic rings. The number of carbonyl (C=O) groups is 3. The molecule has 0 aromatic heterocycles. The van der Waals surface area contributed by atoms with Crippen LogP contribution in [0.25, 0.3) is 0 Å². The molecule has 6 nitrogen and oxygen atoms in total. The molecule has 0 amide bonds. The van der Waals surface area contributed by atoms with E-state index in [0.29, 0.717) is 0 Å². The summed E-state index contributed by atoms with van der Waals surface area (Å²) in [6.07, 6.45) is 0. The van der Waals surface area contributed by atoms with Crippen molar-refractivity contribution in [3.63, 3.8) is 0 Å². The van der Waals surface area contributed by atoms with E-state index < -0.39 is 28.8 Å². The fraction of sp³-hybridized carbons (Fsp3) is 0. The van der Waals surface area contributed by atoms with Gasteiger partial charge in [0, 0.05) is 16.7 Å². The first-order chi connectivity index (χ1) is 9.91. The van der Waals surface area contributed by atoms with Crippen molar-refractivity contribution >= 4 is 17.5 Å². The number of carboxylic acid groups (broad SMARTS) is 1. The van der Waals surface area contributed by atoms with Crippen molar-refractivity contribution < 1.29 is 81.1 Å². The monoisotopic (exact) mass is 322 g/mol. The van der Waals surface area contributed by atoms with Crippen LogP contribution in [0.2, 0.25) is 0 Å². The van der Waals surface area contributed by atoms with Gasteiger partial charge in [0.15, 0.2) is 5.78 Å². The summed E-state index contributed by atoms with van der Waals surface area (Å²) in [6.45, 7) is 0. The summed E-state index contributed by atoms with van der Waals surface area (Å²) in [7, 11) is 0. The average molecular weight is 322 g/mol. The summed E-state index contributed by atoms with van der Waals surface area (Å²) in [5.41, 5.74) is -1.19. The van der Waals surface area contributed by atoms with Crippen LogP contribution in [0.5, 0.6) is 11.5 Å². The van der Waals surface area contributed by atoms with Crippen molar-refractivity contribution in [3.05, 3.63) is 58.1 Å². The molecule has 104 valence electrons. The normalized spacial score (nSPS) is 12.2. The Labute approximate surface area is 166 Å². The Kier molecular flexibility index (Phi) is 4.55. The Morgan fingerprint density at radius 3 is 2.18 bits per heavy atom. The molecular weight excluding hydrogens is 315 g/mol. The minimum atomic E-state index is -1.57. The number of phenols is 2. The van der Waals surface area contributed by atoms with E-state index in [1.807, 2.05) is 0 Å². The number of phenolic OH excluding ortho intramolecular Hbond substituents is 2. The van der Waals surface area contributed by atoms with E-state index in [4.69, 9.17) is 0 Å². The number of aromatic hydroxyl groups is 2. The molecule has 0 radical (unpaired) electrons. The number of carbonyl (C=O) groups excluding carboxylic acids is 3. The van der Waals surface area contributed by atoms with E-state index in [9.17, 15) is 29.7 Å². The van der Waals surface area contributed by atoms with E-state index in [2.05, 4.69) is 0 Å². The zero-order chi connectivity index (χ0) is 15.3. The van der Waals surface area contributed by atoms with Crippen LogP contribution in [0.15, 0.2) is 30.3 Å². The first kappa shape index (κ1) is 16.9. The second kappa shape index (κ2) is 5.94. The van der Waals surface area contributed by atoms with Gasteiger partial charge in [-0.1, -0.05) is 12.1 Å². The molecule has 0 atom stereocenters. The SMILES string of the molecule is O=C([O-])c1cc(O)c2c(c1)C(=O)c1cccc(O)c1C2=O.[K+]. The van der Waals surface area contributed by atoms with E-state index >= 15 is 0 Å². The first-order valence-electron chi connectivity index (χ1n) is 5.91. The fourth-order valence-electron chi connectivity index (χ4n) is 2.40. The molecule has 0 aliphatic heterocycles. The number of fused-ring (bicyclic) bond motifs is 2. The van der Waals surface area contributed by atoms with Crippen molar-refractivity contribution in [3.8, 4) is 11.5 Å². The van der Waals surface area contributed by atoms with Crippen LogP contribution in [0.4, 0.5) is 0 Å². The Hall–Kier alpha value is -1.51. The minimum absolute atomic E-state index is 0. The van der Waals surface area contributed by atoms with Gasteiger partial charge in [-0.2, -0.15) is 0 Å². The number of benzene rings is 2. The predicted octanol–water partition coefficient (Wildman–Crippen LogP) is -2.76. The molecular formula is C15H7KO6. The number of rotatable bonds is 1.